The number of carbonyl (C=O) groups is 1. The van der Waals surface area contributed by atoms with Gasteiger partial charge in [-0.3, -0.25) is 4.79 Å². The summed E-state index contributed by atoms with van der Waals surface area (Å²) < 4.78 is 5.01. The van der Waals surface area contributed by atoms with Gasteiger partial charge in [0.25, 0.3) is 5.91 Å². The summed E-state index contributed by atoms with van der Waals surface area (Å²) >= 11 is 0. The van der Waals surface area contributed by atoms with Crippen molar-refractivity contribution in [3.63, 3.8) is 0 Å². The van der Waals surface area contributed by atoms with Gasteiger partial charge in [0.1, 0.15) is 0 Å². The maximum Gasteiger partial charge on any atom is 0.251 e. The molecule has 1 heterocycles. The van der Waals surface area contributed by atoms with Crippen LogP contribution in [0.3, 0.4) is 0 Å². The molecule has 0 aliphatic heterocycles. The van der Waals surface area contributed by atoms with Gasteiger partial charge in [-0.25, -0.2) is 0 Å². The van der Waals surface area contributed by atoms with E-state index in [-0.39, 0.29) is 11.9 Å². The summed E-state index contributed by atoms with van der Waals surface area (Å²) in [6.45, 7) is 6.53. The summed E-state index contributed by atoms with van der Waals surface area (Å²) in [4.78, 5) is 15.4. The molecule has 2 N–H and O–H groups in total. The standard InChI is InChI=1S/C15H20N2O2/c1-9(8-19-4)16-15(18)12-5-6-14-13(7-12)10(2)11(3)17-14/h5-7,9,17H,8H2,1-4H3,(H,16,18). The van der Waals surface area contributed by atoms with Crippen molar-refractivity contribution in [2.45, 2.75) is 26.8 Å². The van der Waals surface area contributed by atoms with Crippen molar-refractivity contribution in [2.24, 2.45) is 0 Å². The SMILES string of the molecule is COCC(C)NC(=O)c1ccc2[nH]c(C)c(C)c2c1. The highest BCUT2D eigenvalue weighted by Crippen LogP contribution is 2.22. The predicted molar refractivity (Wildman–Crippen MR) is 76.6 cm³/mol. The summed E-state index contributed by atoms with van der Waals surface area (Å²) in [5.41, 5.74) is 4.07. The van der Waals surface area contributed by atoms with E-state index in [0.29, 0.717) is 12.2 Å². The molecule has 1 unspecified atom stereocenters. The van der Waals surface area contributed by atoms with Crippen molar-refractivity contribution in [3.8, 4) is 0 Å². The van der Waals surface area contributed by atoms with E-state index in [1.54, 1.807) is 7.11 Å². The van der Waals surface area contributed by atoms with Crippen LogP contribution in [0.5, 0.6) is 0 Å². The van der Waals surface area contributed by atoms with E-state index >= 15 is 0 Å². The second-order valence-corrected chi connectivity index (χ2v) is 4.97. The minimum absolute atomic E-state index is 0.00209. The third kappa shape index (κ3) is 2.79. The molecule has 4 nitrogen and oxygen atoms in total. The summed E-state index contributed by atoms with van der Waals surface area (Å²) in [7, 11) is 1.63. The van der Waals surface area contributed by atoms with Crippen molar-refractivity contribution in [3.05, 3.63) is 35.0 Å². The van der Waals surface area contributed by atoms with E-state index in [0.717, 1.165) is 16.6 Å². The second kappa shape index (κ2) is 5.45. The normalized spacial score (nSPS) is 12.6. The first-order valence-corrected chi connectivity index (χ1v) is 6.41. The maximum absolute atomic E-state index is 12.1. The number of methoxy groups -OCH3 is 1. The number of H-pyrrole nitrogens is 1. The Morgan fingerprint density at radius 3 is 2.84 bits per heavy atom. The fourth-order valence-corrected chi connectivity index (χ4v) is 2.20. The maximum atomic E-state index is 12.1. The average molecular weight is 260 g/mol. The molecule has 0 radical (unpaired) electrons. The van der Waals surface area contributed by atoms with Crippen LogP contribution in [0.15, 0.2) is 18.2 Å². The Kier molecular flexibility index (Phi) is 3.90. The lowest BCUT2D eigenvalue weighted by Crippen LogP contribution is -2.35. The average Bonchev–Trinajstić information content (AvgIpc) is 2.65. The number of fused-ring (bicyclic) bond motifs is 1. The van der Waals surface area contributed by atoms with E-state index in [1.165, 1.54) is 5.56 Å². The molecule has 1 amide bonds. The molecule has 102 valence electrons. The van der Waals surface area contributed by atoms with E-state index in [9.17, 15) is 4.79 Å². The van der Waals surface area contributed by atoms with Gasteiger partial charge in [-0.05, 0) is 44.5 Å². The molecule has 0 aliphatic carbocycles. The molecule has 0 spiro atoms. The number of hydrogen-bond acceptors (Lipinski definition) is 2. The fraction of sp³-hybridized carbons (Fsp3) is 0.400. The number of hydrogen-bond donors (Lipinski definition) is 2. The molecule has 0 bridgehead atoms. The highest BCUT2D eigenvalue weighted by atomic mass is 16.5. The van der Waals surface area contributed by atoms with Crippen LogP contribution in [0.4, 0.5) is 0 Å². The predicted octanol–water partition coefficient (Wildman–Crippen LogP) is 2.55. The number of carbonyl (C=O) groups excluding carboxylic acids is 1. The molecule has 0 saturated carbocycles. The van der Waals surface area contributed by atoms with Gasteiger partial charge in [0.05, 0.1) is 6.61 Å². The Bertz CT molecular complexity index is 601. The molecule has 4 heteroatoms. The van der Waals surface area contributed by atoms with Gasteiger partial charge < -0.3 is 15.0 Å². The van der Waals surface area contributed by atoms with Gasteiger partial charge in [-0.2, -0.15) is 0 Å². The summed E-state index contributed by atoms with van der Waals surface area (Å²) in [5, 5.41) is 4.02. The second-order valence-electron chi connectivity index (χ2n) is 4.97. The lowest BCUT2D eigenvalue weighted by Gasteiger charge is -2.12. The van der Waals surface area contributed by atoms with Gasteiger partial charge in [0.2, 0.25) is 0 Å². The number of ether oxygens (including phenoxy) is 1. The highest BCUT2D eigenvalue weighted by molar-refractivity contribution is 5.99. The van der Waals surface area contributed by atoms with Gasteiger partial charge >= 0.3 is 0 Å². The zero-order valence-electron chi connectivity index (χ0n) is 11.8. The van der Waals surface area contributed by atoms with Crippen LogP contribution in [0.2, 0.25) is 0 Å². The van der Waals surface area contributed by atoms with Gasteiger partial charge in [0, 0.05) is 35.3 Å². The molecular weight excluding hydrogens is 240 g/mol. The van der Waals surface area contributed by atoms with Gasteiger partial charge in [-0.1, -0.05) is 0 Å². The van der Waals surface area contributed by atoms with E-state index < -0.39 is 0 Å². The molecule has 1 aromatic heterocycles. The van der Waals surface area contributed by atoms with Gasteiger partial charge in [-0.15, -0.1) is 0 Å². The van der Waals surface area contributed by atoms with Crippen molar-refractivity contribution in [1.29, 1.82) is 0 Å². The van der Waals surface area contributed by atoms with Crippen LogP contribution in [0.25, 0.3) is 10.9 Å². The minimum atomic E-state index is -0.0651. The number of rotatable bonds is 4. The Hall–Kier alpha value is -1.81. The smallest absolute Gasteiger partial charge is 0.251 e. The van der Waals surface area contributed by atoms with Crippen molar-refractivity contribution in [2.75, 3.05) is 13.7 Å². The first-order chi connectivity index (χ1) is 9.02. The first kappa shape index (κ1) is 13.6. The van der Waals surface area contributed by atoms with Crippen molar-refractivity contribution >= 4 is 16.8 Å². The van der Waals surface area contributed by atoms with Crippen LogP contribution in [0, 0.1) is 13.8 Å². The number of aromatic amines is 1. The van der Waals surface area contributed by atoms with E-state index in [2.05, 4.69) is 17.2 Å². The largest absolute Gasteiger partial charge is 0.383 e. The summed E-state index contributed by atoms with van der Waals surface area (Å²) in [6, 6.07) is 5.73. The Morgan fingerprint density at radius 2 is 2.16 bits per heavy atom. The number of nitrogens with one attached hydrogen (secondary N) is 2. The number of aromatic nitrogens is 1. The quantitative estimate of drug-likeness (QED) is 0.887. The molecule has 0 aliphatic rings. The molecular formula is C15H20N2O2. The molecule has 0 saturated heterocycles. The van der Waals surface area contributed by atoms with Crippen molar-refractivity contribution in [1.82, 2.24) is 10.3 Å². The van der Waals surface area contributed by atoms with E-state index in [1.807, 2.05) is 32.0 Å². The topological polar surface area (TPSA) is 54.1 Å². The lowest BCUT2D eigenvalue weighted by atomic mass is 10.1. The summed E-state index contributed by atoms with van der Waals surface area (Å²) in [5.74, 6) is -0.0651. The van der Waals surface area contributed by atoms with Crippen LogP contribution in [-0.2, 0) is 4.74 Å². The number of benzene rings is 1. The zero-order valence-corrected chi connectivity index (χ0v) is 11.8. The first-order valence-electron chi connectivity index (χ1n) is 6.41. The zero-order chi connectivity index (χ0) is 14.0. The highest BCUT2D eigenvalue weighted by Gasteiger charge is 2.12. The Labute approximate surface area is 113 Å². The molecule has 1 atom stereocenters. The lowest BCUT2D eigenvalue weighted by molar-refractivity contribution is 0.0905. The van der Waals surface area contributed by atoms with Crippen LogP contribution in [-0.4, -0.2) is 30.6 Å². The molecule has 1 aromatic carbocycles. The third-order valence-electron chi connectivity index (χ3n) is 3.36. The van der Waals surface area contributed by atoms with Gasteiger partial charge in [0.15, 0.2) is 0 Å². The van der Waals surface area contributed by atoms with Crippen molar-refractivity contribution < 1.29 is 9.53 Å². The monoisotopic (exact) mass is 260 g/mol. The molecule has 2 aromatic rings. The number of amides is 1. The van der Waals surface area contributed by atoms with E-state index in [4.69, 9.17) is 4.74 Å². The Morgan fingerprint density at radius 1 is 1.42 bits per heavy atom. The fourth-order valence-electron chi connectivity index (χ4n) is 2.20. The molecule has 0 fully saturated rings. The van der Waals surface area contributed by atoms with Crippen LogP contribution in [0.1, 0.15) is 28.5 Å². The van der Waals surface area contributed by atoms with Crippen LogP contribution < -0.4 is 5.32 Å². The number of aryl methyl sites for hydroxylation is 2. The molecule has 2 rings (SSSR count). The summed E-state index contributed by atoms with van der Waals surface area (Å²) in [6.07, 6.45) is 0. The molecule has 19 heavy (non-hydrogen) atoms. The minimum Gasteiger partial charge on any atom is -0.383 e. The van der Waals surface area contributed by atoms with Crippen LogP contribution >= 0.6 is 0 Å². The Balaban J connectivity index is 2.25. The third-order valence-corrected chi connectivity index (χ3v) is 3.36.